The number of nitrogens with two attached hydrogens (primary N) is 5. The lowest BCUT2D eigenvalue weighted by Gasteiger charge is -2.36. The second-order valence-corrected chi connectivity index (χ2v) is 35.2. The molecule has 15 atom stereocenters. The zero-order valence-corrected chi connectivity index (χ0v) is 77.2. The number of likely N-dealkylation sites (N-methyl/N-ethyl adjacent to an activating group) is 3. The number of benzene rings is 3. The molecule has 3 fully saturated rings. The first-order valence-corrected chi connectivity index (χ1v) is 46.4. The van der Waals surface area contributed by atoms with Gasteiger partial charge in [-0.25, -0.2) is 0 Å². The first kappa shape index (κ1) is 106. The van der Waals surface area contributed by atoms with Crippen molar-refractivity contribution in [2.24, 2.45) is 34.6 Å². The Bertz CT molecular complexity index is 4950. The Labute approximate surface area is 775 Å². The van der Waals surface area contributed by atoms with Crippen molar-refractivity contribution in [2.75, 3.05) is 72.5 Å². The van der Waals surface area contributed by atoms with Crippen molar-refractivity contribution in [3.05, 3.63) is 102 Å². The number of aliphatic hydroxyl groups excluding tert-OH is 1. The zero-order chi connectivity index (χ0) is 97.4. The van der Waals surface area contributed by atoms with E-state index in [2.05, 4.69) is 52.5 Å². The van der Waals surface area contributed by atoms with E-state index in [4.69, 9.17) is 33.4 Å². The number of nitrogens with one attached hydrogen (secondary N) is 10. The van der Waals surface area contributed by atoms with Crippen molar-refractivity contribution in [1.29, 1.82) is 0 Å². The van der Waals surface area contributed by atoms with Gasteiger partial charge in [0.25, 0.3) is 0 Å². The molecule has 8 rings (SSSR count). The fourth-order valence-electron chi connectivity index (χ4n) is 16.8. The highest BCUT2D eigenvalue weighted by atomic mass is 32.2. The van der Waals surface area contributed by atoms with E-state index in [1.165, 1.54) is 40.1 Å². The molecule has 0 unspecified atom stereocenters. The lowest BCUT2D eigenvalue weighted by Crippen LogP contribution is -2.61. The van der Waals surface area contributed by atoms with E-state index in [-0.39, 0.29) is 90.3 Å². The van der Waals surface area contributed by atoms with E-state index >= 15 is 33.6 Å². The van der Waals surface area contributed by atoms with E-state index in [1.807, 2.05) is 13.8 Å². The number of aromatic amines is 2. The number of H-pyrrole nitrogens is 2. The van der Waals surface area contributed by atoms with Crippen molar-refractivity contribution < 1.29 is 101 Å². The average molecular weight is 1870 g/mol. The minimum Gasteiger partial charge on any atom is -0.497 e. The monoisotopic (exact) mass is 1870 g/mol. The molecule has 42 heteroatoms. The number of ether oxygens (including phenoxy) is 1. The number of aliphatic hydroxyl groups is 1. The maximum absolute atomic E-state index is 15.8. The normalized spacial score (nSPS) is 25.0. The smallest absolute Gasteiger partial charge is 0.303 e. The van der Waals surface area contributed by atoms with E-state index in [1.54, 1.807) is 85.2 Å². The SMILES string of the molecule is CCCC[C@H]1C(=O)N(C)[C@@H](CCCC)C(=O)N[C@@H](CCC(=O)O)C(=O)N[C@H](C(=O)CCC(N)=O)CSCC(=O)N[C@@H](Cc2ccc(OC)cc2)C(=O)N(C)[C@@H](C)C(=O)N[C@@H](CC(N)=O)C(=O)N2CCC[C@H]2C(=O)N[C@@H](CN)C(=O)N[C@@H](CCCCN)C(=O)N2C[C@H](O)C[C@H]2C(=O)N[C@@H](Cc2c[nH]c3ccccc23)C(=O)C[C@@H](CCN)C(=O)N[C@@H](Cc2c[nH]c3ccccc23)C(=O)N1C. The number of aliphatic carboxylic acids is 1. The molecule has 133 heavy (non-hydrogen) atoms. The van der Waals surface area contributed by atoms with Gasteiger partial charge in [-0.1, -0.05) is 88.1 Å². The Morgan fingerprint density at radius 1 is 0.511 bits per heavy atom. The number of unbranched alkanes of at least 4 members (excludes halogenated alkanes) is 3. The van der Waals surface area contributed by atoms with Gasteiger partial charge >= 0.3 is 5.97 Å². The molecule has 3 aliphatic heterocycles. The Morgan fingerprint density at radius 2 is 1.07 bits per heavy atom. The highest BCUT2D eigenvalue weighted by molar-refractivity contribution is 8.00. The number of fused-ring (bicyclic) bond motifs is 4. The largest absolute Gasteiger partial charge is 0.497 e. The third kappa shape index (κ3) is 29.8. The standard InChI is InChI=1S/C91H130N20O21S/c1-8-10-24-70-84(124)100-62(31-34-79(118)119)82(122)106-69(74(113)32-33-76(95)115)49-133-50-78(117)99-65(39-52-27-29-57(132-7)30-28-52)87(127)107(4)51(3)80(120)103-67(44-77(96)116)90(130)110-38-18-26-71(110)85(125)105-68(45-94)83(123)101-63(23-16-17-36-92)89(129)111-48-56(112)43-73(111)86(126)102-64(40-54-46-97-60-21-14-12-19-58(54)60)75(114)42-53(35-37-93)81(121)104-66(41-55-47-98-61-22-15-13-20-59(55)61)88(128)109(6)72(25-11-9-2)91(131)108(70)5/h12-15,19-22,27-30,46-47,51,53,56,62-73,97-98,112H,8-11,16-18,23-26,31-45,48-50,92-94H2,1-7H3,(H2,95,115)(H2,96,116)(H,99,117)(H,100,124)(H,101,123)(H,102,126)(H,103,120)(H,104,121)(H,105,125)(H,106,122)(H,118,119)/t51-,53+,56+,62-,63-,64-,65-,66-,67-,68-,69-,70-,71-,72-,73-/m0/s1. The molecular weight excluding hydrogens is 1740 g/mol. The van der Waals surface area contributed by atoms with Crippen molar-refractivity contribution in [2.45, 2.75) is 247 Å². The van der Waals surface area contributed by atoms with E-state index < -0.39 is 260 Å². The second-order valence-electron chi connectivity index (χ2n) is 34.2. The number of methoxy groups -OCH3 is 1. The van der Waals surface area contributed by atoms with Crippen LogP contribution in [0.5, 0.6) is 5.75 Å². The van der Waals surface area contributed by atoms with Gasteiger partial charge in [0.1, 0.15) is 72.2 Å². The molecule has 726 valence electrons. The number of primary amides is 2. The number of nitrogens with zero attached hydrogens (tertiary/aromatic N) is 5. The number of amides is 15. The van der Waals surface area contributed by atoms with Gasteiger partial charge in [-0.05, 0) is 119 Å². The summed E-state index contributed by atoms with van der Waals surface area (Å²) >= 11 is 0.772. The Balaban J connectivity index is 1.19. The molecule has 0 bridgehead atoms. The van der Waals surface area contributed by atoms with Gasteiger partial charge in [0.2, 0.25) is 88.6 Å². The van der Waals surface area contributed by atoms with Crippen molar-refractivity contribution in [3.63, 3.8) is 0 Å². The quantitative estimate of drug-likeness (QED) is 0.0248. The molecule has 5 aromatic rings. The molecule has 3 saturated heterocycles. The molecule has 15 amide bonds. The number of Topliss-reactive ketones (excluding diaryl/α,β-unsaturated/α-hetero) is 2. The lowest BCUT2D eigenvalue weighted by molar-refractivity contribution is -0.149. The Kier molecular flexibility index (Phi) is 41.1. The maximum Gasteiger partial charge on any atom is 0.303 e. The summed E-state index contributed by atoms with van der Waals surface area (Å²) in [6.07, 6.45) is -0.780. The number of aromatic nitrogens is 2. The second kappa shape index (κ2) is 51.6. The van der Waals surface area contributed by atoms with E-state index in [0.29, 0.717) is 76.3 Å². The molecule has 3 aliphatic rings. The minimum atomic E-state index is -1.77. The molecule has 22 N–H and O–H groups in total. The third-order valence-electron chi connectivity index (χ3n) is 24.5. The highest BCUT2D eigenvalue weighted by Gasteiger charge is 2.47. The molecule has 3 aromatic carbocycles. The Hall–Kier alpha value is -12.4. The van der Waals surface area contributed by atoms with Gasteiger partial charge in [-0.3, -0.25) is 86.3 Å². The number of ketones is 2. The lowest BCUT2D eigenvalue weighted by atomic mass is 9.91. The number of hydrogen-bond acceptors (Lipinski definition) is 24. The van der Waals surface area contributed by atoms with Gasteiger partial charge in [0, 0.05) is 138 Å². The fraction of sp³-hybridized carbons (Fsp3) is 0.560. The molecule has 2 aromatic heterocycles. The van der Waals surface area contributed by atoms with Crippen LogP contribution in [0.2, 0.25) is 0 Å². The van der Waals surface area contributed by atoms with E-state index in [9.17, 15) is 63.0 Å². The zero-order valence-electron chi connectivity index (χ0n) is 76.4. The molecule has 0 spiro atoms. The predicted octanol–water partition coefficient (Wildman–Crippen LogP) is -1.27. The summed E-state index contributed by atoms with van der Waals surface area (Å²) in [4.78, 5) is 274. The number of para-hydroxylation sites is 2. The minimum absolute atomic E-state index is 0.000609. The highest BCUT2D eigenvalue weighted by Crippen LogP contribution is 2.29. The summed E-state index contributed by atoms with van der Waals surface area (Å²) < 4.78 is 5.33. The molecular formula is C91H130N20O21S. The number of hydrogen-bond donors (Lipinski definition) is 17. The van der Waals surface area contributed by atoms with Gasteiger partial charge in [0.05, 0.1) is 37.5 Å². The number of carboxylic acid groups (broad SMARTS) is 1. The van der Waals surface area contributed by atoms with Crippen LogP contribution in [-0.2, 0) is 106 Å². The molecule has 0 radical (unpaired) electrons. The number of carbonyl (C=O) groups is 18. The van der Waals surface area contributed by atoms with Crippen LogP contribution in [0.25, 0.3) is 21.8 Å². The van der Waals surface area contributed by atoms with Crippen molar-refractivity contribution in [1.82, 2.24) is 77.0 Å². The number of carbonyl (C=O) groups excluding carboxylic acids is 17. The summed E-state index contributed by atoms with van der Waals surface area (Å²) in [6.45, 7) is 3.78. The summed E-state index contributed by atoms with van der Waals surface area (Å²) in [7, 11) is 5.35. The summed E-state index contributed by atoms with van der Waals surface area (Å²) in [6, 6.07) is 0.843. The van der Waals surface area contributed by atoms with Crippen LogP contribution in [-0.4, -0.2) is 308 Å². The Morgan fingerprint density at radius 3 is 1.67 bits per heavy atom. The molecule has 5 heterocycles. The number of carboxylic acids is 1. The van der Waals surface area contributed by atoms with Crippen LogP contribution >= 0.6 is 11.8 Å². The molecule has 41 nitrogen and oxygen atoms in total. The number of thioether (sulfide) groups is 1. The third-order valence-corrected chi connectivity index (χ3v) is 25.6. The average Bonchev–Trinajstić information content (AvgIpc) is 1.73. The molecule has 0 aliphatic carbocycles. The van der Waals surface area contributed by atoms with Gasteiger partial charge in [-0.15, -0.1) is 11.8 Å². The number of rotatable bonds is 29. The first-order valence-electron chi connectivity index (χ1n) is 45.2. The van der Waals surface area contributed by atoms with Gasteiger partial charge in [-0.2, -0.15) is 0 Å². The fourth-order valence-corrected chi connectivity index (χ4v) is 17.7. The van der Waals surface area contributed by atoms with Crippen LogP contribution in [0.4, 0.5) is 0 Å². The van der Waals surface area contributed by atoms with E-state index in [0.717, 1.165) is 31.4 Å². The van der Waals surface area contributed by atoms with Crippen molar-refractivity contribution in [3.8, 4) is 5.75 Å². The van der Waals surface area contributed by atoms with Crippen LogP contribution < -0.4 is 75.9 Å². The summed E-state index contributed by atoms with van der Waals surface area (Å²) in [5.41, 5.74) is 32.5. The summed E-state index contributed by atoms with van der Waals surface area (Å²) in [5, 5.41) is 44.2. The van der Waals surface area contributed by atoms with Crippen LogP contribution in [0.1, 0.15) is 159 Å². The van der Waals surface area contributed by atoms with Crippen LogP contribution in [0, 0.1) is 5.92 Å². The van der Waals surface area contributed by atoms with Gasteiger partial charge < -0.3 is 121 Å². The summed E-state index contributed by atoms with van der Waals surface area (Å²) in [5.74, 6) is -18.5. The van der Waals surface area contributed by atoms with Crippen LogP contribution in [0.15, 0.2) is 85.2 Å². The maximum atomic E-state index is 15.8. The van der Waals surface area contributed by atoms with Crippen molar-refractivity contribution >= 4 is 140 Å². The molecule has 0 saturated carbocycles. The topological polar surface area (TPSA) is 631 Å². The van der Waals surface area contributed by atoms with Crippen LogP contribution in [0.3, 0.4) is 0 Å². The van der Waals surface area contributed by atoms with Gasteiger partial charge in [0.15, 0.2) is 11.6 Å². The predicted molar refractivity (Wildman–Crippen MR) is 492 cm³/mol. The first-order chi connectivity index (χ1) is 63.4.